The number of ether oxygens (including phenoxy) is 3. The number of allylic oxidation sites excluding steroid dienone is 1. The van der Waals surface area contributed by atoms with Crippen molar-refractivity contribution >= 4 is 17.7 Å². The summed E-state index contributed by atoms with van der Waals surface area (Å²) in [4.78, 5) is 32.3. The van der Waals surface area contributed by atoms with Gasteiger partial charge in [-0.1, -0.05) is 0 Å². The number of rotatable bonds is 6. The molecule has 0 N–H and O–H groups in total. The SMILES string of the molecule is COC=C(C=CC(=O)COC(C)=O)OC(C)=O. The van der Waals surface area contributed by atoms with Crippen LogP contribution in [-0.2, 0) is 28.6 Å². The summed E-state index contributed by atoms with van der Waals surface area (Å²) in [6, 6.07) is 0. The molecule has 0 aliphatic carbocycles. The normalized spacial score (nSPS) is 11.1. The Balaban J connectivity index is 4.34. The van der Waals surface area contributed by atoms with E-state index in [0.717, 1.165) is 12.3 Å². The maximum Gasteiger partial charge on any atom is 0.308 e. The predicted octanol–water partition coefficient (Wildman–Crippen LogP) is 0.726. The van der Waals surface area contributed by atoms with Crippen molar-refractivity contribution in [1.82, 2.24) is 0 Å². The Morgan fingerprint density at radius 1 is 1.06 bits per heavy atom. The standard InChI is InChI=1S/C11H14O6/c1-8(12)16-6-10(14)4-5-11(7-15-3)17-9(2)13/h4-5,7H,6H2,1-3H3. The van der Waals surface area contributed by atoms with E-state index in [9.17, 15) is 14.4 Å². The van der Waals surface area contributed by atoms with E-state index in [1.807, 2.05) is 0 Å². The first kappa shape index (κ1) is 14.9. The summed E-state index contributed by atoms with van der Waals surface area (Å²) in [6.07, 6.45) is 3.53. The van der Waals surface area contributed by atoms with Crippen LogP contribution >= 0.6 is 0 Å². The van der Waals surface area contributed by atoms with E-state index in [4.69, 9.17) is 4.74 Å². The quantitative estimate of drug-likeness (QED) is 0.295. The predicted molar refractivity (Wildman–Crippen MR) is 57.6 cm³/mol. The summed E-state index contributed by atoms with van der Waals surface area (Å²) in [6.45, 7) is 2.07. The summed E-state index contributed by atoms with van der Waals surface area (Å²) in [5, 5.41) is 0. The van der Waals surface area contributed by atoms with Gasteiger partial charge in [0.2, 0.25) is 0 Å². The first-order chi connectivity index (χ1) is 7.95. The van der Waals surface area contributed by atoms with Gasteiger partial charge in [-0.2, -0.15) is 0 Å². The molecule has 0 bridgehead atoms. The Kier molecular flexibility index (Phi) is 7.09. The zero-order valence-electron chi connectivity index (χ0n) is 9.89. The zero-order valence-corrected chi connectivity index (χ0v) is 9.89. The molecule has 94 valence electrons. The van der Waals surface area contributed by atoms with Crippen LogP contribution in [0, 0.1) is 0 Å². The fourth-order valence-electron chi connectivity index (χ4n) is 0.775. The monoisotopic (exact) mass is 242 g/mol. The van der Waals surface area contributed by atoms with Crippen molar-refractivity contribution in [3.05, 3.63) is 24.2 Å². The summed E-state index contributed by atoms with van der Waals surface area (Å²) in [5.74, 6) is -1.43. The molecule has 0 amide bonds. The molecule has 0 spiro atoms. The van der Waals surface area contributed by atoms with Crippen molar-refractivity contribution in [2.75, 3.05) is 13.7 Å². The number of esters is 2. The molecule has 0 aromatic carbocycles. The Morgan fingerprint density at radius 3 is 2.18 bits per heavy atom. The summed E-state index contributed by atoms with van der Waals surface area (Å²) >= 11 is 0. The van der Waals surface area contributed by atoms with Gasteiger partial charge >= 0.3 is 11.9 Å². The topological polar surface area (TPSA) is 78.9 Å². The summed E-state index contributed by atoms with van der Waals surface area (Å²) in [5.41, 5.74) is 0. The third-order valence-corrected chi connectivity index (χ3v) is 1.35. The van der Waals surface area contributed by atoms with Gasteiger partial charge in [0.25, 0.3) is 0 Å². The van der Waals surface area contributed by atoms with Gasteiger partial charge in [-0.05, 0) is 12.2 Å². The molecule has 0 rings (SSSR count). The third kappa shape index (κ3) is 8.86. The summed E-state index contributed by atoms with van der Waals surface area (Å²) < 4.78 is 13.8. The lowest BCUT2D eigenvalue weighted by Gasteiger charge is -2.01. The highest BCUT2D eigenvalue weighted by Crippen LogP contribution is 2.00. The lowest BCUT2D eigenvalue weighted by atomic mass is 10.3. The molecule has 0 heterocycles. The molecular formula is C11H14O6. The van der Waals surface area contributed by atoms with Crippen LogP contribution in [0.5, 0.6) is 0 Å². The largest absolute Gasteiger partial charge is 0.500 e. The molecule has 0 aromatic rings. The highest BCUT2D eigenvalue weighted by molar-refractivity contribution is 5.92. The van der Waals surface area contributed by atoms with Gasteiger partial charge < -0.3 is 14.2 Å². The second-order valence-electron chi connectivity index (χ2n) is 2.93. The molecule has 0 radical (unpaired) electrons. The number of hydrogen-bond donors (Lipinski definition) is 0. The third-order valence-electron chi connectivity index (χ3n) is 1.35. The van der Waals surface area contributed by atoms with E-state index in [1.54, 1.807) is 0 Å². The molecular weight excluding hydrogens is 228 g/mol. The van der Waals surface area contributed by atoms with Gasteiger partial charge in [0.15, 0.2) is 18.1 Å². The molecule has 6 heteroatoms. The molecule has 0 unspecified atom stereocenters. The van der Waals surface area contributed by atoms with Gasteiger partial charge in [0.1, 0.15) is 6.26 Å². The van der Waals surface area contributed by atoms with E-state index in [0.29, 0.717) is 0 Å². The van der Waals surface area contributed by atoms with Crippen LogP contribution in [0.4, 0.5) is 0 Å². The van der Waals surface area contributed by atoms with Gasteiger partial charge in [0.05, 0.1) is 7.11 Å². The van der Waals surface area contributed by atoms with Crippen molar-refractivity contribution in [2.24, 2.45) is 0 Å². The molecule has 0 saturated carbocycles. The van der Waals surface area contributed by atoms with E-state index < -0.39 is 17.7 Å². The van der Waals surface area contributed by atoms with Crippen LogP contribution in [-0.4, -0.2) is 31.4 Å². The minimum atomic E-state index is -0.542. The highest BCUT2D eigenvalue weighted by Gasteiger charge is 2.02. The number of ketones is 1. The second-order valence-corrected chi connectivity index (χ2v) is 2.93. The number of hydrogen-bond acceptors (Lipinski definition) is 6. The number of methoxy groups -OCH3 is 1. The molecule has 0 aliphatic heterocycles. The first-order valence-corrected chi connectivity index (χ1v) is 4.71. The van der Waals surface area contributed by atoms with E-state index in [-0.39, 0.29) is 12.4 Å². The maximum absolute atomic E-state index is 11.2. The van der Waals surface area contributed by atoms with Crippen molar-refractivity contribution in [1.29, 1.82) is 0 Å². The minimum absolute atomic E-state index is 0.0798. The van der Waals surface area contributed by atoms with Gasteiger partial charge in [-0.3, -0.25) is 14.4 Å². The zero-order chi connectivity index (χ0) is 13.3. The van der Waals surface area contributed by atoms with Crippen molar-refractivity contribution in [3.63, 3.8) is 0 Å². The Labute approximate surface area is 98.8 Å². The van der Waals surface area contributed by atoms with Crippen molar-refractivity contribution in [3.8, 4) is 0 Å². The Bertz CT molecular complexity index is 353. The van der Waals surface area contributed by atoms with E-state index in [1.165, 1.54) is 27.0 Å². The fraction of sp³-hybridized carbons (Fsp3) is 0.364. The molecule has 0 saturated heterocycles. The average Bonchev–Trinajstić information content (AvgIpc) is 2.22. The van der Waals surface area contributed by atoms with E-state index >= 15 is 0 Å². The number of carbonyl (C=O) groups is 3. The van der Waals surface area contributed by atoms with Crippen LogP contribution in [0.1, 0.15) is 13.8 Å². The van der Waals surface area contributed by atoms with Crippen molar-refractivity contribution < 1.29 is 28.6 Å². The lowest BCUT2D eigenvalue weighted by Crippen LogP contribution is -2.09. The minimum Gasteiger partial charge on any atom is -0.500 e. The molecule has 0 atom stereocenters. The smallest absolute Gasteiger partial charge is 0.308 e. The van der Waals surface area contributed by atoms with E-state index in [2.05, 4.69) is 9.47 Å². The fourth-order valence-corrected chi connectivity index (χ4v) is 0.775. The van der Waals surface area contributed by atoms with Crippen LogP contribution < -0.4 is 0 Å². The Hall–Kier alpha value is -2.11. The summed E-state index contributed by atoms with van der Waals surface area (Å²) in [7, 11) is 1.37. The average molecular weight is 242 g/mol. The molecule has 17 heavy (non-hydrogen) atoms. The van der Waals surface area contributed by atoms with Crippen molar-refractivity contribution in [2.45, 2.75) is 13.8 Å². The highest BCUT2D eigenvalue weighted by atomic mass is 16.5. The van der Waals surface area contributed by atoms with Crippen LogP contribution in [0.15, 0.2) is 24.2 Å². The molecule has 6 nitrogen and oxygen atoms in total. The van der Waals surface area contributed by atoms with Gasteiger partial charge in [-0.15, -0.1) is 0 Å². The van der Waals surface area contributed by atoms with Crippen LogP contribution in [0.2, 0.25) is 0 Å². The maximum atomic E-state index is 11.2. The Morgan fingerprint density at radius 2 is 1.71 bits per heavy atom. The van der Waals surface area contributed by atoms with Crippen LogP contribution in [0.25, 0.3) is 0 Å². The lowest BCUT2D eigenvalue weighted by molar-refractivity contribution is -0.144. The number of carbonyl (C=O) groups excluding carboxylic acids is 3. The molecule has 0 aromatic heterocycles. The van der Waals surface area contributed by atoms with Gasteiger partial charge in [-0.25, -0.2) is 0 Å². The van der Waals surface area contributed by atoms with Gasteiger partial charge in [0, 0.05) is 13.8 Å². The molecule has 0 fully saturated rings. The van der Waals surface area contributed by atoms with Crippen LogP contribution in [0.3, 0.4) is 0 Å². The second kappa shape index (κ2) is 8.09. The first-order valence-electron chi connectivity index (χ1n) is 4.71. The molecule has 0 aliphatic rings.